The predicted octanol–water partition coefficient (Wildman–Crippen LogP) is 3.34. The Labute approximate surface area is 168 Å². The zero-order valence-corrected chi connectivity index (χ0v) is 17.4. The van der Waals surface area contributed by atoms with Gasteiger partial charge in [-0.05, 0) is 38.1 Å². The molecule has 0 heterocycles. The number of sulfonamides is 1. The molecule has 1 atom stereocenters. The number of rotatable bonds is 8. The number of hydrogen-bond donors (Lipinski definition) is 1. The van der Waals surface area contributed by atoms with Crippen molar-refractivity contribution in [3.8, 4) is 0 Å². The SMILES string of the molecule is Cc1ccc(SCCNC(=O)[C@H](C)N(c2ccc(F)c(F)c2)S(C)(=O)=O)cc1. The Morgan fingerprint density at radius 3 is 2.36 bits per heavy atom. The Morgan fingerprint density at radius 2 is 1.79 bits per heavy atom. The van der Waals surface area contributed by atoms with Crippen LogP contribution >= 0.6 is 11.8 Å². The van der Waals surface area contributed by atoms with Crippen LogP contribution < -0.4 is 9.62 Å². The first-order valence-corrected chi connectivity index (χ1v) is 11.3. The van der Waals surface area contributed by atoms with Gasteiger partial charge in [-0.3, -0.25) is 9.10 Å². The first-order valence-electron chi connectivity index (χ1n) is 8.51. The van der Waals surface area contributed by atoms with Crippen molar-refractivity contribution in [2.45, 2.75) is 24.8 Å². The lowest BCUT2D eigenvalue weighted by Gasteiger charge is -2.28. The molecule has 0 aromatic heterocycles. The second-order valence-corrected chi connectivity index (χ2v) is 9.31. The third-order valence-corrected chi connectivity index (χ3v) is 6.19. The summed E-state index contributed by atoms with van der Waals surface area (Å²) in [4.78, 5) is 13.5. The van der Waals surface area contributed by atoms with Crippen molar-refractivity contribution in [2.24, 2.45) is 0 Å². The summed E-state index contributed by atoms with van der Waals surface area (Å²) in [5.41, 5.74) is 1.04. The monoisotopic (exact) mass is 428 g/mol. The molecule has 0 saturated carbocycles. The number of anilines is 1. The zero-order chi connectivity index (χ0) is 20.9. The van der Waals surface area contributed by atoms with Gasteiger partial charge in [-0.25, -0.2) is 17.2 Å². The number of nitrogens with one attached hydrogen (secondary N) is 1. The van der Waals surface area contributed by atoms with Crippen molar-refractivity contribution in [2.75, 3.05) is 22.9 Å². The van der Waals surface area contributed by atoms with Gasteiger partial charge >= 0.3 is 0 Å². The highest BCUT2D eigenvalue weighted by Crippen LogP contribution is 2.23. The molecule has 28 heavy (non-hydrogen) atoms. The van der Waals surface area contributed by atoms with Crippen molar-refractivity contribution in [1.29, 1.82) is 0 Å². The number of carbonyl (C=O) groups excluding carboxylic acids is 1. The maximum Gasteiger partial charge on any atom is 0.243 e. The Morgan fingerprint density at radius 1 is 1.14 bits per heavy atom. The van der Waals surface area contributed by atoms with E-state index in [1.54, 1.807) is 11.8 Å². The van der Waals surface area contributed by atoms with Crippen LogP contribution in [0.1, 0.15) is 12.5 Å². The smallest absolute Gasteiger partial charge is 0.243 e. The minimum Gasteiger partial charge on any atom is -0.353 e. The van der Waals surface area contributed by atoms with E-state index in [4.69, 9.17) is 0 Å². The van der Waals surface area contributed by atoms with Gasteiger partial charge < -0.3 is 5.32 Å². The Balaban J connectivity index is 2.01. The topological polar surface area (TPSA) is 66.5 Å². The van der Waals surface area contributed by atoms with Crippen molar-refractivity contribution in [1.82, 2.24) is 5.32 Å². The first kappa shape index (κ1) is 22.2. The van der Waals surface area contributed by atoms with E-state index in [1.165, 1.54) is 6.92 Å². The third-order valence-electron chi connectivity index (χ3n) is 3.94. The van der Waals surface area contributed by atoms with Crippen LogP contribution in [-0.2, 0) is 14.8 Å². The first-order chi connectivity index (χ1) is 13.1. The van der Waals surface area contributed by atoms with Crippen LogP contribution in [0.4, 0.5) is 14.5 Å². The van der Waals surface area contributed by atoms with Gasteiger partial charge in [0, 0.05) is 23.3 Å². The number of nitrogens with zero attached hydrogens (tertiary/aromatic N) is 1. The van der Waals surface area contributed by atoms with Gasteiger partial charge in [-0.1, -0.05) is 17.7 Å². The third kappa shape index (κ3) is 5.93. The molecule has 2 rings (SSSR count). The molecule has 2 aromatic carbocycles. The molecule has 0 radical (unpaired) electrons. The number of carbonyl (C=O) groups is 1. The minimum absolute atomic E-state index is 0.113. The lowest BCUT2D eigenvalue weighted by atomic mass is 10.2. The maximum absolute atomic E-state index is 13.5. The molecule has 2 aromatic rings. The van der Waals surface area contributed by atoms with Crippen LogP contribution in [0.2, 0.25) is 0 Å². The number of aryl methyl sites for hydroxylation is 1. The fourth-order valence-electron chi connectivity index (χ4n) is 2.56. The van der Waals surface area contributed by atoms with Crippen molar-refractivity contribution in [3.63, 3.8) is 0 Å². The van der Waals surface area contributed by atoms with E-state index in [9.17, 15) is 22.0 Å². The second kappa shape index (κ2) is 9.38. The molecule has 0 aliphatic carbocycles. The van der Waals surface area contributed by atoms with Gasteiger partial charge in [0.15, 0.2) is 11.6 Å². The normalized spacial score (nSPS) is 12.5. The molecular formula is C19H22F2N2O3S2. The number of thioether (sulfide) groups is 1. The number of benzene rings is 2. The Kier molecular flexibility index (Phi) is 7.42. The number of halogens is 2. The molecule has 0 bridgehead atoms. The Hall–Kier alpha value is -2.13. The molecule has 152 valence electrons. The molecule has 1 N–H and O–H groups in total. The van der Waals surface area contributed by atoms with Crippen LogP contribution in [0.3, 0.4) is 0 Å². The lowest BCUT2D eigenvalue weighted by Crippen LogP contribution is -2.48. The van der Waals surface area contributed by atoms with Crippen LogP contribution in [-0.4, -0.2) is 38.9 Å². The van der Waals surface area contributed by atoms with E-state index in [1.807, 2.05) is 31.2 Å². The standard InChI is InChI=1S/C19H22F2N2O3S2/c1-13-4-7-16(8-5-13)27-11-10-22-19(24)14(2)23(28(3,25)26)15-6-9-17(20)18(21)12-15/h4-9,12,14H,10-11H2,1-3H3,(H,22,24)/t14-/m0/s1. The molecule has 5 nitrogen and oxygen atoms in total. The molecule has 0 spiro atoms. The van der Waals surface area contributed by atoms with Crippen LogP contribution in [0, 0.1) is 18.6 Å². The number of amides is 1. The Bertz CT molecular complexity index is 935. The summed E-state index contributed by atoms with van der Waals surface area (Å²) >= 11 is 1.56. The van der Waals surface area contributed by atoms with Gasteiger partial charge in [0.1, 0.15) is 6.04 Å². The fourth-order valence-corrected chi connectivity index (χ4v) is 4.49. The summed E-state index contributed by atoms with van der Waals surface area (Å²) in [6.07, 6.45) is 0.908. The summed E-state index contributed by atoms with van der Waals surface area (Å²) in [5, 5.41) is 2.68. The maximum atomic E-state index is 13.5. The van der Waals surface area contributed by atoms with Gasteiger partial charge in [-0.2, -0.15) is 0 Å². The minimum atomic E-state index is -3.89. The van der Waals surface area contributed by atoms with E-state index in [0.29, 0.717) is 12.3 Å². The lowest BCUT2D eigenvalue weighted by molar-refractivity contribution is -0.121. The highest BCUT2D eigenvalue weighted by atomic mass is 32.2. The van der Waals surface area contributed by atoms with E-state index in [0.717, 1.165) is 39.2 Å². The van der Waals surface area contributed by atoms with Crippen molar-refractivity contribution >= 4 is 33.4 Å². The van der Waals surface area contributed by atoms with Gasteiger partial charge in [-0.15, -0.1) is 11.8 Å². The molecule has 0 fully saturated rings. The fraction of sp³-hybridized carbons (Fsp3) is 0.316. The largest absolute Gasteiger partial charge is 0.353 e. The molecule has 9 heteroatoms. The highest BCUT2D eigenvalue weighted by molar-refractivity contribution is 7.99. The summed E-state index contributed by atoms with van der Waals surface area (Å²) < 4.78 is 51.7. The summed E-state index contributed by atoms with van der Waals surface area (Å²) in [6, 6.07) is 9.54. The molecular weight excluding hydrogens is 406 g/mol. The van der Waals surface area contributed by atoms with Crippen LogP contribution in [0.25, 0.3) is 0 Å². The average Bonchev–Trinajstić information content (AvgIpc) is 2.62. The van der Waals surface area contributed by atoms with Gasteiger partial charge in [0.05, 0.1) is 11.9 Å². The van der Waals surface area contributed by atoms with Gasteiger partial charge in [0.25, 0.3) is 0 Å². The van der Waals surface area contributed by atoms with E-state index in [2.05, 4.69) is 5.32 Å². The quantitative estimate of drug-likeness (QED) is 0.517. The molecule has 0 saturated heterocycles. The van der Waals surface area contributed by atoms with E-state index < -0.39 is 33.6 Å². The highest BCUT2D eigenvalue weighted by Gasteiger charge is 2.29. The van der Waals surface area contributed by atoms with Crippen molar-refractivity contribution < 1.29 is 22.0 Å². The number of hydrogen-bond acceptors (Lipinski definition) is 4. The molecule has 0 aliphatic rings. The summed E-state index contributed by atoms with van der Waals surface area (Å²) in [5.74, 6) is -2.21. The summed E-state index contributed by atoms with van der Waals surface area (Å²) in [7, 11) is -3.89. The van der Waals surface area contributed by atoms with Crippen molar-refractivity contribution in [3.05, 3.63) is 59.7 Å². The van der Waals surface area contributed by atoms with Gasteiger partial charge in [0.2, 0.25) is 15.9 Å². The predicted molar refractivity (Wildman–Crippen MR) is 108 cm³/mol. The van der Waals surface area contributed by atoms with E-state index >= 15 is 0 Å². The molecule has 0 unspecified atom stereocenters. The molecule has 1 amide bonds. The average molecular weight is 429 g/mol. The van der Waals surface area contributed by atoms with Crippen LogP contribution in [0.15, 0.2) is 47.4 Å². The second-order valence-electron chi connectivity index (χ2n) is 6.29. The summed E-state index contributed by atoms with van der Waals surface area (Å²) in [6.45, 7) is 3.72. The molecule has 0 aliphatic heterocycles. The van der Waals surface area contributed by atoms with Crippen LogP contribution in [0.5, 0.6) is 0 Å². The van der Waals surface area contributed by atoms with E-state index in [-0.39, 0.29) is 5.69 Å². The zero-order valence-electron chi connectivity index (χ0n) is 15.8.